The lowest BCUT2D eigenvalue weighted by Gasteiger charge is -2.18. The summed E-state index contributed by atoms with van der Waals surface area (Å²) in [4.78, 5) is 0.351. The summed E-state index contributed by atoms with van der Waals surface area (Å²) in [5.74, 6) is 0.973. The quantitative estimate of drug-likeness (QED) is 0.903. The highest BCUT2D eigenvalue weighted by Crippen LogP contribution is 2.28. The van der Waals surface area contributed by atoms with Gasteiger partial charge < -0.3 is 5.11 Å². The number of aliphatic hydroxyl groups is 1. The van der Waals surface area contributed by atoms with Gasteiger partial charge in [-0.25, -0.2) is 8.42 Å². The first kappa shape index (κ1) is 15.5. The van der Waals surface area contributed by atoms with Crippen molar-refractivity contribution in [3.05, 3.63) is 29.8 Å². The average Bonchev–Trinajstić information content (AvgIpc) is 2.90. The summed E-state index contributed by atoms with van der Waals surface area (Å²) in [7, 11) is -3.37. The zero-order valence-electron chi connectivity index (χ0n) is 12.1. The van der Waals surface area contributed by atoms with Crippen LogP contribution in [0.2, 0.25) is 0 Å². The van der Waals surface area contributed by atoms with Gasteiger partial charge in [-0.15, -0.1) is 0 Å². The fourth-order valence-corrected chi connectivity index (χ4v) is 4.13. The number of sulfonamides is 1. The van der Waals surface area contributed by atoms with Crippen molar-refractivity contribution >= 4 is 10.0 Å². The van der Waals surface area contributed by atoms with E-state index >= 15 is 0 Å². The molecule has 1 unspecified atom stereocenters. The molecule has 0 aliphatic carbocycles. The van der Waals surface area contributed by atoms with Crippen LogP contribution < -0.4 is 0 Å². The van der Waals surface area contributed by atoms with Crippen LogP contribution in [0.1, 0.15) is 25.8 Å². The van der Waals surface area contributed by atoms with Crippen molar-refractivity contribution in [2.24, 2.45) is 11.8 Å². The normalized spacial score (nSPS) is 20.7. The molecule has 0 bridgehead atoms. The molecular formula is C15H23NO3S. The van der Waals surface area contributed by atoms with Crippen LogP contribution in [0.5, 0.6) is 0 Å². The Bertz CT molecular complexity index is 537. The molecule has 1 aromatic rings. The lowest BCUT2D eigenvalue weighted by Crippen LogP contribution is -2.29. The minimum atomic E-state index is -3.37. The number of aliphatic hydroxyl groups excluding tert-OH is 1. The number of rotatable bonds is 5. The Kier molecular flexibility index (Phi) is 4.83. The molecule has 4 nitrogen and oxygen atoms in total. The molecule has 20 heavy (non-hydrogen) atoms. The van der Waals surface area contributed by atoms with Gasteiger partial charge in [-0.1, -0.05) is 26.0 Å². The second-order valence-corrected chi connectivity index (χ2v) is 7.71. The third kappa shape index (κ3) is 3.22. The van der Waals surface area contributed by atoms with Crippen LogP contribution in [0.3, 0.4) is 0 Å². The monoisotopic (exact) mass is 297 g/mol. The van der Waals surface area contributed by atoms with E-state index in [-0.39, 0.29) is 6.61 Å². The summed E-state index contributed by atoms with van der Waals surface area (Å²) >= 11 is 0. The van der Waals surface area contributed by atoms with Crippen molar-refractivity contribution < 1.29 is 13.5 Å². The lowest BCUT2D eigenvalue weighted by molar-refractivity contribution is 0.299. The zero-order valence-corrected chi connectivity index (χ0v) is 12.9. The first-order valence-electron chi connectivity index (χ1n) is 7.15. The Hall–Kier alpha value is -0.910. The highest BCUT2D eigenvalue weighted by atomic mass is 32.2. The third-order valence-electron chi connectivity index (χ3n) is 4.09. The summed E-state index contributed by atoms with van der Waals surface area (Å²) in [6.07, 6.45) is 1.50. The Labute approximate surface area is 121 Å². The molecule has 1 fully saturated rings. The minimum absolute atomic E-state index is 0.0777. The average molecular weight is 297 g/mol. The highest BCUT2D eigenvalue weighted by molar-refractivity contribution is 7.89. The fourth-order valence-electron chi connectivity index (χ4n) is 2.62. The Balaban J connectivity index is 2.14. The fraction of sp³-hybridized carbons (Fsp3) is 0.600. The van der Waals surface area contributed by atoms with Crippen LogP contribution in [-0.4, -0.2) is 37.5 Å². The minimum Gasteiger partial charge on any atom is -0.396 e. The van der Waals surface area contributed by atoms with Gasteiger partial charge >= 0.3 is 0 Å². The summed E-state index contributed by atoms with van der Waals surface area (Å²) in [5.41, 5.74) is 0.952. The van der Waals surface area contributed by atoms with E-state index in [2.05, 4.69) is 13.8 Å². The van der Waals surface area contributed by atoms with Crippen LogP contribution in [0.4, 0.5) is 0 Å². The van der Waals surface area contributed by atoms with Gasteiger partial charge in [0.1, 0.15) is 0 Å². The van der Waals surface area contributed by atoms with E-state index in [0.717, 1.165) is 12.0 Å². The molecule has 0 radical (unpaired) electrons. The second kappa shape index (κ2) is 6.24. The first-order valence-corrected chi connectivity index (χ1v) is 8.59. The molecule has 1 aliphatic heterocycles. The zero-order chi connectivity index (χ0) is 14.8. The van der Waals surface area contributed by atoms with Gasteiger partial charge in [0.15, 0.2) is 0 Å². The van der Waals surface area contributed by atoms with Gasteiger partial charge in [-0.2, -0.15) is 4.31 Å². The molecule has 0 amide bonds. The standard InChI is InChI=1S/C15H23NO3S/c1-12(2)14-7-9-16(11-14)20(18,19)15-5-3-13(4-6-15)8-10-17/h3-6,12,14,17H,7-11H2,1-2H3. The van der Waals surface area contributed by atoms with E-state index in [9.17, 15) is 8.42 Å². The predicted octanol–water partition coefficient (Wildman–Crippen LogP) is 1.89. The van der Waals surface area contributed by atoms with Crippen LogP contribution in [0.15, 0.2) is 29.2 Å². The summed E-state index contributed by atoms with van der Waals surface area (Å²) in [6.45, 7) is 5.60. The molecule has 1 saturated heterocycles. The lowest BCUT2D eigenvalue weighted by atomic mass is 9.96. The number of nitrogens with zero attached hydrogens (tertiary/aromatic N) is 1. The van der Waals surface area contributed by atoms with Crippen molar-refractivity contribution in [1.29, 1.82) is 0 Å². The second-order valence-electron chi connectivity index (χ2n) is 5.77. The summed E-state index contributed by atoms with van der Waals surface area (Å²) < 4.78 is 26.7. The van der Waals surface area contributed by atoms with E-state index in [1.165, 1.54) is 0 Å². The first-order chi connectivity index (χ1) is 9.45. The van der Waals surface area contributed by atoms with Crippen LogP contribution in [0.25, 0.3) is 0 Å². The molecule has 1 atom stereocenters. The third-order valence-corrected chi connectivity index (χ3v) is 5.97. The van der Waals surface area contributed by atoms with Crippen molar-refractivity contribution in [1.82, 2.24) is 4.31 Å². The molecular weight excluding hydrogens is 274 g/mol. The molecule has 0 saturated carbocycles. The van der Waals surface area contributed by atoms with E-state index in [0.29, 0.717) is 36.2 Å². The van der Waals surface area contributed by atoms with Crippen molar-refractivity contribution in [3.63, 3.8) is 0 Å². The van der Waals surface area contributed by atoms with Crippen LogP contribution in [-0.2, 0) is 16.4 Å². The van der Waals surface area contributed by atoms with Gasteiger partial charge in [-0.05, 0) is 42.4 Å². The van der Waals surface area contributed by atoms with Gasteiger partial charge in [0.25, 0.3) is 0 Å². The number of hydrogen-bond donors (Lipinski definition) is 1. The molecule has 1 aromatic carbocycles. The Morgan fingerprint density at radius 1 is 1.30 bits per heavy atom. The van der Waals surface area contributed by atoms with Crippen molar-refractivity contribution in [2.75, 3.05) is 19.7 Å². The van der Waals surface area contributed by atoms with Crippen molar-refractivity contribution in [3.8, 4) is 0 Å². The van der Waals surface area contributed by atoms with E-state index < -0.39 is 10.0 Å². The molecule has 112 valence electrons. The maximum Gasteiger partial charge on any atom is 0.243 e. The molecule has 5 heteroatoms. The molecule has 0 spiro atoms. The molecule has 1 aliphatic rings. The van der Waals surface area contributed by atoms with Gasteiger partial charge in [0, 0.05) is 19.7 Å². The number of hydrogen-bond acceptors (Lipinski definition) is 3. The maximum atomic E-state index is 12.5. The van der Waals surface area contributed by atoms with Gasteiger partial charge in [0.05, 0.1) is 4.90 Å². The Morgan fingerprint density at radius 2 is 1.95 bits per heavy atom. The number of benzene rings is 1. The molecule has 1 N–H and O–H groups in total. The largest absolute Gasteiger partial charge is 0.396 e. The molecule has 1 heterocycles. The topological polar surface area (TPSA) is 57.6 Å². The van der Waals surface area contributed by atoms with E-state index in [1.54, 1.807) is 28.6 Å². The molecule has 0 aromatic heterocycles. The maximum absolute atomic E-state index is 12.5. The molecule has 2 rings (SSSR count). The SMILES string of the molecule is CC(C)C1CCN(S(=O)(=O)c2ccc(CCO)cc2)C1. The predicted molar refractivity (Wildman–Crippen MR) is 78.9 cm³/mol. The van der Waals surface area contributed by atoms with E-state index in [1.807, 2.05) is 0 Å². The summed E-state index contributed by atoms with van der Waals surface area (Å²) in [5, 5.41) is 8.88. The highest BCUT2D eigenvalue weighted by Gasteiger charge is 2.33. The smallest absolute Gasteiger partial charge is 0.243 e. The van der Waals surface area contributed by atoms with Crippen LogP contribution in [0, 0.1) is 11.8 Å². The summed E-state index contributed by atoms with van der Waals surface area (Å²) in [6, 6.07) is 6.84. The van der Waals surface area contributed by atoms with Gasteiger partial charge in [-0.3, -0.25) is 0 Å². The van der Waals surface area contributed by atoms with E-state index in [4.69, 9.17) is 5.11 Å². The van der Waals surface area contributed by atoms with Crippen molar-refractivity contribution in [2.45, 2.75) is 31.6 Å². The van der Waals surface area contributed by atoms with Gasteiger partial charge in [0.2, 0.25) is 10.0 Å². The Morgan fingerprint density at radius 3 is 2.45 bits per heavy atom. The van der Waals surface area contributed by atoms with Crippen LogP contribution >= 0.6 is 0 Å².